The molecule has 0 spiro atoms. The topological polar surface area (TPSA) is 273 Å². The van der Waals surface area contributed by atoms with Gasteiger partial charge in [-0.3, -0.25) is 18.5 Å². The molecule has 0 heterocycles. The molecule has 0 aromatic heterocycles. The van der Waals surface area contributed by atoms with Gasteiger partial charge in [-0.15, -0.1) is 11.6 Å². The number of nitrogens with one attached hydrogen (secondary N) is 1. The molecule has 0 aliphatic carbocycles. The van der Waals surface area contributed by atoms with Crippen LogP contribution in [0.2, 0.25) is 0 Å². The van der Waals surface area contributed by atoms with E-state index in [1.807, 2.05) is 0 Å². The fourth-order valence-electron chi connectivity index (χ4n) is 4.68. The van der Waals surface area contributed by atoms with E-state index in [0.29, 0.717) is 17.3 Å². The zero-order valence-electron chi connectivity index (χ0n) is 25.3. The van der Waals surface area contributed by atoms with Gasteiger partial charge in [-0.2, -0.15) is 25.3 Å². The highest BCUT2D eigenvalue weighted by molar-refractivity contribution is 7.90. The number of aromatic hydroxyl groups is 1. The molecule has 0 saturated carbocycles. The Morgan fingerprint density at radius 3 is 1.88 bits per heavy atom. The van der Waals surface area contributed by atoms with E-state index >= 15 is 0 Å². The minimum atomic E-state index is -4.89. The van der Waals surface area contributed by atoms with Crippen LogP contribution in [0, 0.1) is 0 Å². The molecule has 0 radical (unpaired) electrons. The first-order valence-electron chi connectivity index (χ1n) is 13.8. The largest absolute Gasteiger partial charge is 0.507 e. The van der Waals surface area contributed by atoms with Crippen molar-refractivity contribution in [2.45, 2.75) is 20.4 Å². The van der Waals surface area contributed by atoms with E-state index in [2.05, 4.69) is 5.32 Å². The first kappa shape index (κ1) is 38.5. The van der Waals surface area contributed by atoms with E-state index in [4.69, 9.17) is 21.9 Å². The Balaban J connectivity index is 0.000000310. The molecule has 0 fully saturated rings. The van der Waals surface area contributed by atoms with Crippen LogP contribution in [-0.4, -0.2) is 70.0 Å². The Kier molecular flexibility index (Phi) is 11.1. The van der Waals surface area contributed by atoms with Crippen LogP contribution in [0.1, 0.15) is 15.9 Å². The molecule has 0 saturated heterocycles. The summed E-state index contributed by atoms with van der Waals surface area (Å²) in [4.78, 5) is 11.0. The van der Waals surface area contributed by atoms with Crippen LogP contribution in [0.4, 0.5) is 11.4 Å². The molecule has 20 heteroatoms. The number of phenolic OH excluding ortho intramolecular Hbond substituents is 1. The maximum absolute atomic E-state index is 12.7. The SMILES string of the molecule is Nc1ccc2cc(S(=O)(=O)O)ccc2c1.O=C(Nc1ccc(S(=O)(=O)O)c2cc(S(=O)(=O)O)cc(O)c12)c1ccc(CS(=O)(=O)CCCl)cc1. The molecule has 0 aliphatic heterocycles. The summed E-state index contributed by atoms with van der Waals surface area (Å²) in [6.07, 6.45) is 0. The summed E-state index contributed by atoms with van der Waals surface area (Å²) in [5.74, 6) is -2.04. The normalized spacial score (nSPS) is 12.3. The van der Waals surface area contributed by atoms with Gasteiger partial charge in [0.2, 0.25) is 0 Å². The molecule has 15 nitrogen and oxygen atoms in total. The first-order chi connectivity index (χ1) is 23.1. The van der Waals surface area contributed by atoms with Gasteiger partial charge in [0.25, 0.3) is 36.3 Å². The standard InChI is InChI=1S/C20H18ClNO10S3.C10H9NO3S/c21-7-8-33(25,26)11-12-1-3-13(4-2-12)20(24)22-16-5-6-18(35(30,31)32)15-9-14(34(27,28)29)10-17(23)19(15)16;11-9-3-1-8-6-10(15(12,13)14)4-2-7(8)5-9/h1-6,9-10,23H,7-8,11H2,(H,22,24)(H,27,28,29)(H,30,31,32);1-6H,11H2,(H,12,13,14). The van der Waals surface area contributed by atoms with Crippen molar-refractivity contribution in [3.8, 4) is 5.75 Å². The second-order valence-electron chi connectivity index (χ2n) is 10.6. The Labute approximate surface area is 291 Å². The minimum Gasteiger partial charge on any atom is -0.507 e. The van der Waals surface area contributed by atoms with Crippen LogP contribution < -0.4 is 11.1 Å². The molecule has 266 valence electrons. The summed E-state index contributed by atoms with van der Waals surface area (Å²) in [5.41, 5.74) is 6.57. The fraction of sp³-hybridized carbons (Fsp3) is 0.100. The minimum absolute atomic E-state index is 0.0499. The van der Waals surface area contributed by atoms with Crippen molar-refractivity contribution < 1.29 is 57.2 Å². The predicted octanol–water partition coefficient (Wildman–Crippen LogP) is 4.11. The zero-order chi connectivity index (χ0) is 37.2. The van der Waals surface area contributed by atoms with Crippen molar-refractivity contribution in [2.75, 3.05) is 22.7 Å². The van der Waals surface area contributed by atoms with Gasteiger partial charge in [0.05, 0.1) is 27.0 Å². The summed E-state index contributed by atoms with van der Waals surface area (Å²) in [6.45, 7) is 0. The van der Waals surface area contributed by atoms with Gasteiger partial charge in [0.1, 0.15) is 10.6 Å². The number of rotatable bonds is 9. The van der Waals surface area contributed by atoms with E-state index in [1.54, 1.807) is 24.3 Å². The van der Waals surface area contributed by atoms with Gasteiger partial charge in [-0.25, -0.2) is 8.42 Å². The number of fused-ring (bicyclic) bond motifs is 2. The fourth-order valence-corrected chi connectivity index (χ4v) is 8.19. The van der Waals surface area contributed by atoms with Crippen LogP contribution in [0.5, 0.6) is 5.75 Å². The molecule has 0 bridgehead atoms. The van der Waals surface area contributed by atoms with Gasteiger partial charge in [0, 0.05) is 34.0 Å². The molecule has 0 aliphatic rings. The van der Waals surface area contributed by atoms with Crippen molar-refractivity contribution >= 4 is 90.6 Å². The number of hydrogen-bond acceptors (Lipinski definition) is 11. The lowest BCUT2D eigenvalue weighted by Gasteiger charge is -2.14. The Hall–Kier alpha value is -4.34. The first-order valence-corrected chi connectivity index (χ1v) is 20.4. The third kappa shape index (κ3) is 9.46. The van der Waals surface area contributed by atoms with Crippen molar-refractivity contribution in [3.05, 3.63) is 96.1 Å². The smallest absolute Gasteiger partial charge is 0.295 e. The van der Waals surface area contributed by atoms with Crippen LogP contribution in [0.25, 0.3) is 21.5 Å². The van der Waals surface area contributed by atoms with Gasteiger partial charge < -0.3 is 16.2 Å². The number of hydrogen-bond donors (Lipinski definition) is 6. The number of sulfone groups is 1. The van der Waals surface area contributed by atoms with Gasteiger partial charge in [-0.1, -0.05) is 24.3 Å². The number of halogens is 1. The maximum Gasteiger partial charge on any atom is 0.295 e. The Morgan fingerprint density at radius 1 is 0.700 bits per heavy atom. The van der Waals surface area contributed by atoms with Crippen LogP contribution in [0.3, 0.4) is 0 Å². The monoisotopic (exact) mass is 786 g/mol. The molecule has 5 aromatic rings. The summed E-state index contributed by atoms with van der Waals surface area (Å²) in [6, 6.07) is 18.4. The van der Waals surface area contributed by atoms with E-state index in [1.165, 1.54) is 36.4 Å². The lowest BCUT2D eigenvalue weighted by atomic mass is 10.1. The number of amides is 1. The average molecular weight is 787 g/mol. The number of alkyl halides is 1. The molecule has 5 aromatic carbocycles. The van der Waals surface area contributed by atoms with Crippen molar-refractivity contribution in [3.63, 3.8) is 0 Å². The number of anilines is 2. The Bertz CT molecular complexity index is 2580. The maximum atomic E-state index is 12.7. The molecular weight excluding hydrogens is 760 g/mol. The number of nitrogen functional groups attached to an aromatic ring is 1. The highest BCUT2D eigenvalue weighted by Crippen LogP contribution is 2.38. The van der Waals surface area contributed by atoms with Gasteiger partial charge >= 0.3 is 0 Å². The zero-order valence-corrected chi connectivity index (χ0v) is 29.3. The van der Waals surface area contributed by atoms with E-state index in [-0.39, 0.29) is 38.9 Å². The van der Waals surface area contributed by atoms with Crippen LogP contribution >= 0.6 is 11.6 Å². The highest BCUT2D eigenvalue weighted by Gasteiger charge is 2.23. The lowest BCUT2D eigenvalue weighted by molar-refractivity contribution is 0.102. The van der Waals surface area contributed by atoms with Crippen LogP contribution in [-0.2, 0) is 45.9 Å². The third-order valence-corrected chi connectivity index (χ3v) is 11.6. The van der Waals surface area contributed by atoms with Crippen molar-refractivity contribution in [2.24, 2.45) is 0 Å². The molecule has 50 heavy (non-hydrogen) atoms. The number of nitrogens with two attached hydrogens (primary N) is 1. The number of phenols is 1. The Morgan fingerprint density at radius 2 is 1.30 bits per heavy atom. The van der Waals surface area contributed by atoms with E-state index < -0.39 is 67.0 Å². The lowest BCUT2D eigenvalue weighted by Crippen LogP contribution is -2.14. The molecule has 0 unspecified atom stereocenters. The summed E-state index contributed by atoms with van der Waals surface area (Å²) in [5, 5.41) is 13.6. The van der Waals surface area contributed by atoms with Crippen molar-refractivity contribution in [1.29, 1.82) is 0 Å². The molecule has 0 atom stereocenters. The quantitative estimate of drug-likeness (QED) is 0.0697. The molecule has 5 rings (SSSR count). The summed E-state index contributed by atoms with van der Waals surface area (Å²) in [7, 11) is -17.3. The number of carbonyl (C=O) groups excluding carboxylic acids is 1. The molecular formula is C30H27ClN2O13S4. The molecule has 1 amide bonds. The van der Waals surface area contributed by atoms with Gasteiger partial charge in [-0.05, 0) is 70.9 Å². The molecule has 7 N–H and O–H groups in total. The number of benzene rings is 5. The number of carbonyl (C=O) groups is 1. The third-order valence-electron chi connectivity index (χ3n) is 6.98. The summed E-state index contributed by atoms with van der Waals surface area (Å²) < 4.78 is 120. The van der Waals surface area contributed by atoms with E-state index in [9.17, 15) is 52.7 Å². The average Bonchev–Trinajstić information content (AvgIpc) is 2.99. The second-order valence-corrected chi connectivity index (χ2v) is 17.4. The van der Waals surface area contributed by atoms with Crippen molar-refractivity contribution in [1.82, 2.24) is 0 Å². The van der Waals surface area contributed by atoms with Gasteiger partial charge in [0.15, 0.2) is 9.84 Å². The van der Waals surface area contributed by atoms with Crippen LogP contribution in [0.15, 0.2) is 99.6 Å². The van der Waals surface area contributed by atoms with E-state index in [0.717, 1.165) is 29.0 Å². The second kappa shape index (κ2) is 14.5. The predicted molar refractivity (Wildman–Crippen MR) is 186 cm³/mol. The highest BCUT2D eigenvalue weighted by atomic mass is 35.5. The summed E-state index contributed by atoms with van der Waals surface area (Å²) >= 11 is 5.47.